The molecule has 2 aromatic carbocycles. The topological polar surface area (TPSA) is 91.1 Å². The molecule has 0 fully saturated rings. The summed E-state index contributed by atoms with van der Waals surface area (Å²) in [4.78, 5) is 16.0. The second-order valence-electron chi connectivity index (χ2n) is 7.13. The largest absolute Gasteiger partial charge is 0.503 e. The molecular weight excluding hydrogens is 436 g/mol. The fraction of sp³-hybridized carbons (Fsp3) is 0.318. The first-order valence-electron chi connectivity index (χ1n) is 10.2. The number of nitrogens with zero attached hydrogens (tertiary/aromatic N) is 2. The van der Waals surface area contributed by atoms with Gasteiger partial charge in [0.2, 0.25) is 5.16 Å². The van der Waals surface area contributed by atoms with E-state index >= 15 is 0 Å². The molecule has 0 saturated heterocycles. The van der Waals surface area contributed by atoms with Gasteiger partial charge in [0.15, 0.2) is 11.5 Å². The van der Waals surface area contributed by atoms with Gasteiger partial charge in [-0.15, -0.1) is 0 Å². The number of rotatable bonds is 7. The van der Waals surface area contributed by atoms with E-state index in [0.29, 0.717) is 17.5 Å². The van der Waals surface area contributed by atoms with E-state index in [4.69, 9.17) is 21.4 Å². The molecule has 0 aliphatic carbocycles. The van der Waals surface area contributed by atoms with E-state index in [9.17, 15) is 9.90 Å². The summed E-state index contributed by atoms with van der Waals surface area (Å²) in [5.74, 6) is 1.05. The van der Waals surface area contributed by atoms with Crippen LogP contribution in [0.2, 0.25) is 5.02 Å². The highest BCUT2D eigenvalue weighted by atomic mass is 35.5. The maximum Gasteiger partial charge on any atom is 0.325 e. The van der Waals surface area contributed by atoms with E-state index in [1.807, 2.05) is 31.2 Å². The summed E-state index contributed by atoms with van der Waals surface area (Å²) in [6.45, 7) is 4.34. The number of nitrogens with one attached hydrogen (secondary N) is 2. The second kappa shape index (κ2) is 9.20. The molecule has 0 spiro atoms. The summed E-state index contributed by atoms with van der Waals surface area (Å²) in [5, 5.41) is 19.2. The highest BCUT2D eigenvalue weighted by molar-refractivity contribution is 7.99. The monoisotopic (exact) mass is 459 g/mol. The van der Waals surface area contributed by atoms with Crippen LogP contribution in [0.25, 0.3) is 11.3 Å². The molecule has 0 amide bonds. The Morgan fingerprint density at radius 1 is 1.29 bits per heavy atom. The summed E-state index contributed by atoms with van der Waals surface area (Å²) in [6, 6.07) is 11.0. The van der Waals surface area contributed by atoms with Crippen LogP contribution in [-0.4, -0.2) is 27.5 Å². The Morgan fingerprint density at radius 2 is 2.10 bits per heavy atom. The normalized spacial score (nSPS) is 14.5. The number of aromatic amines is 1. The van der Waals surface area contributed by atoms with Gasteiger partial charge >= 0.3 is 11.3 Å². The standard InChI is InChI=1S/C22H23ClN4O3S/c1-3-5-10-31-22-25-21(29)18-14-8-6-7-9-16(14)24-20(27(18)26-22)13-11-15(23)19(28)17(12-13)30-4-2/h6-9,11-12,20H,3-5,10H2,1-2H3,(H2,25,26,28,29)/p+1/t20-/m0/s1. The van der Waals surface area contributed by atoms with E-state index in [2.05, 4.69) is 17.2 Å². The second-order valence-corrected chi connectivity index (χ2v) is 8.62. The summed E-state index contributed by atoms with van der Waals surface area (Å²) >= 11 is 7.81. The molecule has 1 aliphatic rings. The Morgan fingerprint density at radius 3 is 2.87 bits per heavy atom. The van der Waals surface area contributed by atoms with Gasteiger partial charge in [0, 0.05) is 16.4 Å². The molecule has 0 bridgehead atoms. The molecule has 0 radical (unpaired) electrons. The third-order valence-corrected chi connectivity index (χ3v) is 6.22. The third kappa shape index (κ3) is 4.22. The number of phenols is 1. The molecule has 1 aromatic heterocycles. The Hall–Kier alpha value is -2.71. The van der Waals surface area contributed by atoms with Gasteiger partial charge < -0.3 is 15.2 Å². The van der Waals surface area contributed by atoms with Crippen LogP contribution in [0.15, 0.2) is 46.3 Å². The van der Waals surface area contributed by atoms with Crippen LogP contribution in [0.5, 0.6) is 11.5 Å². The fourth-order valence-electron chi connectivity index (χ4n) is 3.51. The summed E-state index contributed by atoms with van der Waals surface area (Å²) in [5.41, 5.74) is 2.56. The van der Waals surface area contributed by atoms with Crippen molar-refractivity contribution in [2.75, 3.05) is 17.7 Å². The van der Waals surface area contributed by atoms with Gasteiger partial charge in [0.25, 0.3) is 6.17 Å². The Kier molecular flexibility index (Phi) is 6.38. The van der Waals surface area contributed by atoms with Crippen molar-refractivity contribution in [2.24, 2.45) is 0 Å². The third-order valence-electron chi connectivity index (χ3n) is 4.99. The molecule has 162 valence electrons. The summed E-state index contributed by atoms with van der Waals surface area (Å²) in [7, 11) is 0. The van der Waals surface area contributed by atoms with Crippen molar-refractivity contribution >= 4 is 29.1 Å². The lowest BCUT2D eigenvalue weighted by atomic mass is 10.0. The number of aromatic hydroxyl groups is 1. The van der Waals surface area contributed by atoms with Gasteiger partial charge in [-0.3, -0.25) is 9.78 Å². The van der Waals surface area contributed by atoms with Crippen LogP contribution in [-0.2, 0) is 0 Å². The smallest absolute Gasteiger partial charge is 0.325 e. The van der Waals surface area contributed by atoms with Gasteiger partial charge in [0.1, 0.15) is 0 Å². The lowest BCUT2D eigenvalue weighted by Crippen LogP contribution is -2.55. The van der Waals surface area contributed by atoms with Crippen LogP contribution < -0.4 is 20.3 Å². The van der Waals surface area contributed by atoms with E-state index in [0.717, 1.165) is 35.4 Å². The first kappa shape index (κ1) is 21.5. The van der Waals surface area contributed by atoms with Crippen LogP contribution in [0.3, 0.4) is 0 Å². The van der Waals surface area contributed by atoms with Crippen LogP contribution in [0.4, 0.5) is 5.69 Å². The van der Waals surface area contributed by atoms with Gasteiger partial charge in [-0.25, -0.2) is 0 Å². The van der Waals surface area contributed by atoms with Crippen LogP contribution in [0.1, 0.15) is 38.4 Å². The number of para-hydroxylation sites is 1. The highest BCUT2D eigenvalue weighted by Crippen LogP contribution is 2.39. The predicted octanol–water partition coefficient (Wildman–Crippen LogP) is 4.35. The highest BCUT2D eigenvalue weighted by Gasteiger charge is 2.38. The number of anilines is 1. The molecule has 9 heteroatoms. The molecule has 3 aromatic rings. The predicted molar refractivity (Wildman–Crippen MR) is 122 cm³/mol. The van der Waals surface area contributed by atoms with E-state index in [1.165, 1.54) is 11.8 Å². The van der Waals surface area contributed by atoms with E-state index in [1.54, 1.807) is 16.8 Å². The van der Waals surface area contributed by atoms with Crippen molar-refractivity contribution in [1.82, 2.24) is 10.1 Å². The molecule has 4 rings (SSSR count). The zero-order valence-electron chi connectivity index (χ0n) is 17.3. The first-order valence-corrected chi connectivity index (χ1v) is 11.6. The SMILES string of the molecule is CCCCSc1n[n+]2c(c(=O)[nH]1)-c1ccccc1N[C@@H]2c1cc(Cl)c(O)c(OCC)c1. The zero-order valence-corrected chi connectivity index (χ0v) is 18.9. The van der Waals surface area contributed by atoms with E-state index in [-0.39, 0.29) is 22.1 Å². The molecule has 1 aliphatic heterocycles. The number of benzene rings is 2. The van der Waals surface area contributed by atoms with Gasteiger partial charge in [-0.1, -0.05) is 48.8 Å². The number of halogens is 1. The number of aromatic nitrogens is 3. The van der Waals surface area contributed by atoms with Gasteiger partial charge in [-0.2, -0.15) is 0 Å². The lowest BCUT2D eigenvalue weighted by Gasteiger charge is -2.23. The average Bonchev–Trinajstić information content (AvgIpc) is 2.76. The number of unbranched alkanes of at least 4 members (excludes halogenated alkanes) is 1. The van der Waals surface area contributed by atoms with Crippen LogP contribution >= 0.6 is 23.4 Å². The van der Waals surface area contributed by atoms with Crippen molar-refractivity contribution in [2.45, 2.75) is 38.0 Å². The molecule has 3 N–H and O–H groups in total. The maximum atomic E-state index is 13.1. The molecule has 1 atom stereocenters. The van der Waals surface area contributed by atoms with E-state index < -0.39 is 6.17 Å². The summed E-state index contributed by atoms with van der Waals surface area (Å²) < 4.78 is 7.24. The van der Waals surface area contributed by atoms with Gasteiger partial charge in [-0.05, 0) is 42.3 Å². The number of H-pyrrole nitrogens is 1. The molecule has 31 heavy (non-hydrogen) atoms. The number of hydrogen-bond donors (Lipinski definition) is 3. The molecule has 0 saturated carbocycles. The van der Waals surface area contributed by atoms with Crippen LogP contribution in [0, 0.1) is 0 Å². The minimum absolute atomic E-state index is 0.108. The number of ether oxygens (including phenoxy) is 1. The van der Waals surface area contributed by atoms with Gasteiger partial charge in [0.05, 0.1) is 22.9 Å². The Bertz CT molecular complexity index is 1170. The molecule has 7 nitrogen and oxygen atoms in total. The zero-order chi connectivity index (χ0) is 22.0. The summed E-state index contributed by atoms with van der Waals surface area (Å²) in [6.07, 6.45) is 1.60. The maximum absolute atomic E-state index is 13.1. The van der Waals surface area contributed by atoms with Crippen molar-refractivity contribution in [3.63, 3.8) is 0 Å². The number of phenolic OH excluding ortho intramolecular Hbond substituents is 1. The van der Waals surface area contributed by atoms with Crippen molar-refractivity contribution in [1.29, 1.82) is 0 Å². The number of thioether (sulfide) groups is 1. The number of fused-ring (bicyclic) bond motifs is 3. The number of hydrogen-bond acceptors (Lipinski definition) is 6. The van der Waals surface area contributed by atoms with Crippen molar-refractivity contribution in [3.05, 3.63) is 57.3 Å². The fourth-order valence-corrected chi connectivity index (χ4v) is 4.67. The Labute approximate surface area is 189 Å². The molecule has 2 heterocycles. The Balaban J connectivity index is 1.87. The minimum Gasteiger partial charge on any atom is -0.503 e. The average molecular weight is 460 g/mol. The minimum atomic E-state index is -0.505. The molecular formula is C22H24ClN4O3S+. The first-order chi connectivity index (χ1) is 15.0. The quantitative estimate of drug-likeness (QED) is 0.276. The van der Waals surface area contributed by atoms with Crippen molar-refractivity contribution in [3.8, 4) is 22.8 Å². The molecule has 0 unspecified atom stereocenters. The van der Waals surface area contributed by atoms with Crippen molar-refractivity contribution < 1.29 is 14.5 Å². The lowest BCUT2D eigenvalue weighted by molar-refractivity contribution is -0.759.